The topological polar surface area (TPSA) is 146 Å². The lowest BCUT2D eigenvalue weighted by atomic mass is 10.5. The maximum atomic E-state index is 11.2. The molecule has 0 aromatic carbocycles. The van der Waals surface area contributed by atoms with Gasteiger partial charge in [-0.15, -0.1) is 0 Å². The van der Waals surface area contributed by atoms with E-state index in [1.165, 1.54) is 0 Å². The van der Waals surface area contributed by atoms with E-state index in [1.807, 2.05) is 19.6 Å². The van der Waals surface area contributed by atoms with E-state index in [0.29, 0.717) is 25.9 Å². The predicted octanol–water partition coefficient (Wildman–Crippen LogP) is 0.00420. The first-order valence-electron chi connectivity index (χ1n) is 9.56. The van der Waals surface area contributed by atoms with Crippen LogP contribution in [0.15, 0.2) is 0 Å². The third kappa shape index (κ3) is 8.66. The Morgan fingerprint density at radius 1 is 0.786 bits per heavy atom. The van der Waals surface area contributed by atoms with E-state index in [-0.39, 0.29) is 26.4 Å². The van der Waals surface area contributed by atoms with Crippen LogP contribution in [0.5, 0.6) is 0 Å². The van der Waals surface area contributed by atoms with Crippen LogP contribution < -0.4 is 11.5 Å². The van der Waals surface area contributed by atoms with Crippen molar-refractivity contribution in [2.75, 3.05) is 39.5 Å². The van der Waals surface area contributed by atoms with Crippen LogP contribution in [0.3, 0.4) is 0 Å². The molecule has 168 valence electrons. The molecule has 0 aliphatic carbocycles. The van der Waals surface area contributed by atoms with Gasteiger partial charge in [0.25, 0.3) is 0 Å². The van der Waals surface area contributed by atoms with Crippen LogP contribution in [0.4, 0.5) is 0 Å². The Morgan fingerprint density at radius 2 is 1.21 bits per heavy atom. The minimum atomic E-state index is -4.24. The Balaban J connectivity index is 3.24. The van der Waals surface area contributed by atoms with Gasteiger partial charge in [-0.1, -0.05) is 0 Å². The molecule has 28 heavy (non-hydrogen) atoms. The van der Waals surface area contributed by atoms with Gasteiger partial charge in [0.2, 0.25) is 0 Å². The van der Waals surface area contributed by atoms with Crippen LogP contribution >= 0.6 is 0 Å². The summed E-state index contributed by atoms with van der Waals surface area (Å²) in [5.74, 6) is 0. The molecule has 0 radical (unpaired) electrons. The lowest BCUT2D eigenvalue weighted by molar-refractivity contribution is -0.0916. The zero-order chi connectivity index (χ0) is 21.3. The fourth-order valence-electron chi connectivity index (χ4n) is 2.19. The van der Waals surface area contributed by atoms with Gasteiger partial charge in [0.05, 0.1) is 0 Å². The van der Waals surface area contributed by atoms with Gasteiger partial charge in [0.15, 0.2) is 8.32 Å². The molecule has 0 saturated carbocycles. The Morgan fingerprint density at radius 3 is 1.54 bits per heavy atom. The molecule has 5 N–H and O–H groups in total. The summed E-state index contributed by atoms with van der Waals surface area (Å²) in [6.45, 7) is 11.0. The fraction of sp³-hybridized carbons (Fsp3) is 1.00. The molecule has 11 nitrogen and oxygen atoms in total. The lowest BCUT2D eigenvalue weighted by Gasteiger charge is -2.45. The monoisotopic (exact) mass is 476 g/mol. The zero-order valence-electron chi connectivity index (χ0n) is 17.5. The Bertz CT molecular complexity index is 434. The maximum absolute atomic E-state index is 11.2. The zero-order valence-corrected chi connectivity index (χ0v) is 21.5. The average molecular weight is 477 g/mol. The summed E-state index contributed by atoms with van der Waals surface area (Å²) in [5.41, 5.74) is 11.1. The standard InChI is InChI=1S/C13H36N2O9Si4/c1-6-17-27(19-12-8-10-14)22-26(16,21-25(3,4)5)23-28(24-27,18-7-2)20-13-9-11-15/h16H,6-15H2,1-5H3. The van der Waals surface area contributed by atoms with Crippen LogP contribution in [0.1, 0.15) is 26.7 Å². The smallest absolute Gasteiger partial charge is 0.395 e. The largest absolute Gasteiger partial charge is 0.668 e. The second-order valence-corrected chi connectivity index (χ2v) is 18.6. The van der Waals surface area contributed by atoms with Gasteiger partial charge in [-0.25, -0.2) is 0 Å². The highest BCUT2D eigenvalue weighted by molar-refractivity contribution is 6.86. The van der Waals surface area contributed by atoms with E-state index < -0.39 is 35.5 Å². The first-order valence-corrected chi connectivity index (χ1v) is 17.9. The molecular weight excluding hydrogens is 440 g/mol. The van der Waals surface area contributed by atoms with E-state index in [4.69, 9.17) is 45.6 Å². The van der Waals surface area contributed by atoms with Crippen LogP contribution in [0.25, 0.3) is 0 Å². The van der Waals surface area contributed by atoms with E-state index in [1.54, 1.807) is 13.8 Å². The molecule has 0 amide bonds. The molecule has 0 aromatic heterocycles. The second-order valence-electron chi connectivity index (χ2n) is 6.89. The van der Waals surface area contributed by atoms with E-state index in [0.717, 1.165) is 0 Å². The molecular formula is C13H36N2O9Si4. The summed E-state index contributed by atoms with van der Waals surface area (Å²) in [7, 11) is -14.3. The maximum Gasteiger partial charge on any atom is 0.668 e. The van der Waals surface area contributed by atoms with Crippen molar-refractivity contribution in [1.29, 1.82) is 0 Å². The Labute approximate surface area is 172 Å². The summed E-state index contributed by atoms with van der Waals surface area (Å²) in [6, 6.07) is 0. The molecule has 1 aliphatic rings. The quantitative estimate of drug-likeness (QED) is 0.230. The fourth-order valence-corrected chi connectivity index (χ4v) is 15.3. The molecule has 0 bridgehead atoms. The summed E-state index contributed by atoms with van der Waals surface area (Å²) < 4.78 is 46.7. The SMILES string of the molecule is CCO[Si]1(OCCCN)O[Si](O)(O[Si](C)(C)C)O[Si](OCC)(OCCCN)O1. The second kappa shape index (κ2) is 11.7. The summed E-state index contributed by atoms with van der Waals surface area (Å²) in [4.78, 5) is 11.2. The van der Waals surface area contributed by atoms with Gasteiger partial charge in [0, 0.05) is 26.4 Å². The van der Waals surface area contributed by atoms with Gasteiger partial charge in [-0.2, -0.15) is 0 Å². The highest BCUT2D eigenvalue weighted by Gasteiger charge is 2.74. The van der Waals surface area contributed by atoms with Crippen LogP contribution in [-0.4, -0.2) is 79.8 Å². The van der Waals surface area contributed by atoms with Gasteiger partial charge in [-0.3, -0.25) is 0 Å². The summed E-state index contributed by atoms with van der Waals surface area (Å²) in [6.07, 6.45) is 1.11. The van der Waals surface area contributed by atoms with Gasteiger partial charge in [-0.05, 0) is 59.4 Å². The van der Waals surface area contributed by atoms with Crippen molar-refractivity contribution >= 4 is 35.5 Å². The molecule has 15 heteroatoms. The van der Waals surface area contributed by atoms with Crippen molar-refractivity contribution in [2.24, 2.45) is 11.5 Å². The van der Waals surface area contributed by atoms with Crippen molar-refractivity contribution in [3.8, 4) is 0 Å². The third-order valence-corrected chi connectivity index (χ3v) is 15.0. The first kappa shape index (κ1) is 26.5. The molecule has 1 aliphatic heterocycles. The molecule has 1 heterocycles. The molecule has 0 aromatic rings. The predicted molar refractivity (Wildman–Crippen MR) is 110 cm³/mol. The van der Waals surface area contributed by atoms with Gasteiger partial charge >= 0.3 is 27.1 Å². The van der Waals surface area contributed by atoms with Crippen molar-refractivity contribution in [2.45, 2.75) is 46.3 Å². The number of hydrogen-bond donors (Lipinski definition) is 3. The molecule has 1 saturated heterocycles. The minimum absolute atomic E-state index is 0.222. The minimum Gasteiger partial charge on any atom is -0.395 e. The van der Waals surface area contributed by atoms with Crippen LogP contribution in [-0.2, 0) is 34.2 Å². The summed E-state index contributed by atoms with van der Waals surface area (Å²) >= 11 is 0. The van der Waals surface area contributed by atoms with Crippen molar-refractivity contribution in [1.82, 2.24) is 0 Å². The molecule has 2 unspecified atom stereocenters. The number of rotatable bonds is 14. The number of hydrogen-bond acceptors (Lipinski definition) is 11. The Hall–Kier alpha value is 0.428. The van der Waals surface area contributed by atoms with E-state index >= 15 is 0 Å². The average Bonchev–Trinajstić information content (AvgIpc) is 2.53. The normalized spacial score (nSPS) is 31.3. The van der Waals surface area contributed by atoms with Crippen LogP contribution in [0, 0.1) is 0 Å². The molecule has 1 rings (SSSR count). The van der Waals surface area contributed by atoms with Crippen LogP contribution in [0.2, 0.25) is 19.6 Å². The van der Waals surface area contributed by atoms with Gasteiger partial charge < -0.3 is 50.4 Å². The highest BCUT2D eigenvalue weighted by atomic mass is 28.6. The number of nitrogens with two attached hydrogens (primary N) is 2. The molecule has 0 spiro atoms. The molecule has 1 fully saturated rings. The van der Waals surface area contributed by atoms with Crippen molar-refractivity contribution < 1.29 is 39.0 Å². The summed E-state index contributed by atoms with van der Waals surface area (Å²) in [5, 5.41) is 0. The van der Waals surface area contributed by atoms with E-state index in [2.05, 4.69) is 0 Å². The highest BCUT2D eigenvalue weighted by Crippen LogP contribution is 2.34. The first-order chi connectivity index (χ1) is 13.1. The van der Waals surface area contributed by atoms with Gasteiger partial charge in [0.1, 0.15) is 0 Å². The Kier molecular flexibility index (Phi) is 11.1. The third-order valence-electron chi connectivity index (χ3n) is 3.09. The van der Waals surface area contributed by atoms with Crippen molar-refractivity contribution in [3.63, 3.8) is 0 Å². The van der Waals surface area contributed by atoms with Crippen molar-refractivity contribution in [3.05, 3.63) is 0 Å². The molecule has 2 atom stereocenters. The van der Waals surface area contributed by atoms with E-state index in [9.17, 15) is 4.80 Å². The lowest BCUT2D eigenvalue weighted by Crippen LogP contribution is -2.76.